The van der Waals surface area contributed by atoms with Crippen LogP contribution in [0.15, 0.2) is 80.5 Å². The maximum Gasteiger partial charge on any atom is 0.335 e. The van der Waals surface area contributed by atoms with Gasteiger partial charge in [0.15, 0.2) is 0 Å². The molecule has 4 bridgehead atoms. The molecule has 0 spiro atoms. The molecule has 0 saturated carbocycles. The number of aliphatic hydroxyl groups excluding tert-OH is 4. The van der Waals surface area contributed by atoms with Gasteiger partial charge in [-0.05, 0) is 26.0 Å². The first kappa shape index (κ1) is 33.6. The molecule has 12 nitrogen and oxygen atoms in total. The molecule has 44 heavy (non-hydrogen) atoms. The third kappa shape index (κ3) is 6.28. The fourth-order valence-electron chi connectivity index (χ4n) is 5.75. The molecule has 6 aliphatic carbocycles. The van der Waals surface area contributed by atoms with Crippen LogP contribution in [0.1, 0.15) is 13.8 Å². The van der Waals surface area contributed by atoms with Gasteiger partial charge in [0.2, 0.25) is 9.84 Å². The Labute approximate surface area is 258 Å². The quantitative estimate of drug-likeness (QED) is 0.187. The summed E-state index contributed by atoms with van der Waals surface area (Å²) in [6, 6.07) is 7.71. The van der Waals surface area contributed by atoms with Crippen molar-refractivity contribution < 1.29 is 57.8 Å². The van der Waals surface area contributed by atoms with Crippen LogP contribution in [0.3, 0.4) is 0 Å². The molecule has 1 aromatic carbocycles. The second-order valence-electron chi connectivity index (χ2n) is 10.3. The number of esters is 2. The fraction of sp³-hybridized carbons (Fsp3) is 0.433. The van der Waals surface area contributed by atoms with Crippen LogP contribution in [0.5, 0.6) is 0 Å². The van der Waals surface area contributed by atoms with Crippen LogP contribution in [-0.2, 0) is 33.7 Å². The number of fused-ring (bicyclic) bond motifs is 2. The van der Waals surface area contributed by atoms with Gasteiger partial charge < -0.3 is 35.0 Å². The highest BCUT2D eigenvalue weighted by Crippen LogP contribution is 2.47. The number of hydrogen-bond acceptors (Lipinski definition) is 12. The highest BCUT2D eigenvalue weighted by atomic mass is 32.2. The number of hydrogen-bond donors (Lipinski definition) is 5. The normalized spacial score (nSPS) is 30.1. The molecular formula is C30H34O12S2. The standard InChI is InChI=1S/C17H18O6S.C13H16O6S/c1-2-23-17(20)13-11-8-9-12(15(19)14(11)18)16(13)24(21,22)10-6-4-3-5-7-10;1-2-19-13(18)9-6-3-4-7(11(17)10(6)16)12(9)20-5-8(14)15/h3-9,11-12,14-15,18-19H,2H2,1H3;3-4,6-7,10-11,16-17H,2,5H2,1H3,(H,14,15). The zero-order valence-electron chi connectivity index (χ0n) is 23.8. The van der Waals surface area contributed by atoms with Gasteiger partial charge in [0.25, 0.3) is 0 Å². The molecule has 1 aromatic rings. The lowest BCUT2D eigenvalue weighted by molar-refractivity contribution is -0.141. The van der Waals surface area contributed by atoms with E-state index in [2.05, 4.69) is 0 Å². The number of aliphatic carboxylic acids is 1. The summed E-state index contributed by atoms with van der Waals surface area (Å²) < 4.78 is 36.1. The van der Waals surface area contributed by atoms with E-state index in [4.69, 9.17) is 14.6 Å². The number of carboxylic acid groups (broad SMARTS) is 1. The van der Waals surface area contributed by atoms with Gasteiger partial charge in [-0.25, -0.2) is 18.0 Å². The molecule has 0 heterocycles. The fourth-order valence-corrected chi connectivity index (χ4v) is 8.66. The Kier molecular flexibility index (Phi) is 10.5. The minimum atomic E-state index is -4.01. The number of carboxylic acids is 1. The van der Waals surface area contributed by atoms with Crippen molar-refractivity contribution in [1.29, 1.82) is 0 Å². The SMILES string of the molecule is CCOC(=O)C1=C(S(=O)(=O)c2ccccc2)C2C=CC1C(O)C2O.CCOC(=O)C1=C(SCC(=O)O)C2C=CC1C(O)C2O. The Morgan fingerprint density at radius 1 is 0.727 bits per heavy atom. The molecule has 5 N–H and O–H groups in total. The second kappa shape index (κ2) is 13.8. The van der Waals surface area contributed by atoms with Crippen LogP contribution in [0.4, 0.5) is 0 Å². The molecule has 7 rings (SSSR count). The number of carbonyl (C=O) groups excluding carboxylic acids is 2. The summed E-state index contributed by atoms with van der Waals surface area (Å²) in [6.07, 6.45) is 1.83. The van der Waals surface area contributed by atoms with E-state index in [1.54, 1.807) is 50.3 Å². The predicted octanol–water partition coefficient (Wildman–Crippen LogP) is 0.974. The Balaban J connectivity index is 0.000000204. The average Bonchev–Trinajstić information content (AvgIpc) is 3.00. The predicted molar refractivity (Wildman–Crippen MR) is 157 cm³/mol. The van der Waals surface area contributed by atoms with Crippen LogP contribution >= 0.6 is 11.8 Å². The first-order chi connectivity index (χ1) is 20.9. The summed E-state index contributed by atoms with van der Waals surface area (Å²) in [7, 11) is -4.01. The zero-order chi connectivity index (χ0) is 32.3. The lowest BCUT2D eigenvalue weighted by atomic mass is 9.72. The molecule has 0 radical (unpaired) electrons. The van der Waals surface area contributed by atoms with Gasteiger partial charge in [0.05, 0.1) is 64.3 Å². The van der Waals surface area contributed by atoms with Crippen molar-refractivity contribution in [1.82, 2.24) is 0 Å². The van der Waals surface area contributed by atoms with E-state index < -0.39 is 75.8 Å². The van der Waals surface area contributed by atoms with Crippen molar-refractivity contribution in [2.45, 2.75) is 43.2 Å². The summed E-state index contributed by atoms with van der Waals surface area (Å²) in [5.41, 5.74) is 0.175. The van der Waals surface area contributed by atoms with Crippen LogP contribution in [0.25, 0.3) is 0 Å². The largest absolute Gasteiger partial charge is 0.481 e. The van der Waals surface area contributed by atoms with Gasteiger partial charge in [0, 0.05) is 28.6 Å². The van der Waals surface area contributed by atoms with Crippen LogP contribution in [0, 0.1) is 23.7 Å². The average molecular weight is 651 g/mol. The summed E-state index contributed by atoms with van der Waals surface area (Å²) in [4.78, 5) is 35.4. The number of benzene rings is 1. The third-order valence-corrected chi connectivity index (χ3v) is 10.9. The summed E-state index contributed by atoms with van der Waals surface area (Å²) in [5.74, 6) is -5.65. The maximum atomic E-state index is 13.1. The Morgan fingerprint density at radius 3 is 1.73 bits per heavy atom. The topological polar surface area (TPSA) is 205 Å². The van der Waals surface area contributed by atoms with Gasteiger partial charge in [-0.15, -0.1) is 11.8 Å². The molecular weight excluding hydrogens is 616 g/mol. The first-order valence-corrected chi connectivity index (χ1v) is 16.4. The highest BCUT2D eigenvalue weighted by molar-refractivity contribution is 8.03. The molecule has 0 aliphatic heterocycles. The molecule has 14 heteroatoms. The molecule has 8 atom stereocenters. The van der Waals surface area contributed by atoms with E-state index in [0.29, 0.717) is 4.91 Å². The zero-order valence-corrected chi connectivity index (χ0v) is 25.5. The first-order valence-electron chi connectivity index (χ1n) is 13.9. The second-order valence-corrected chi connectivity index (χ2v) is 13.3. The third-order valence-electron chi connectivity index (χ3n) is 7.71. The maximum absolute atomic E-state index is 13.1. The lowest BCUT2D eigenvalue weighted by Gasteiger charge is -2.41. The monoisotopic (exact) mass is 650 g/mol. The van der Waals surface area contributed by atoms with Gasteiger partial charge in [-0.1, -0.05) is 42.5 Å². The molecule has 0 aromatic heterocycles. The van der Waals surface area contributed by atoms with E-state index >= 15 is 0 Å². The Hall–Kier alpha value is -3.27. The van der Waals surface area contributed by atoms with Gasteiger partial charge in [0.1, 0.15) is 0 Å². The lowest BCUT2D eigenvalue weighted by Crippen LogP contribution is -2.49. The number of thioether (sulfide) groups is 1. The van der Waals surface area contributed by atoms with Crippen molar-refractivity contribution >= 4 is 39.5 Å². The van der Waals surface area contributed by atoms with E-state index in [9.17, 15) is 43.2 Å². The summed E-state index contributed by atoms with van der Waals surface area (Å²) in [6.45, 7) is 3.57. The summed E-state index contributed by atoms with van der Waals surface area (Å²) >= 11 is 0.994. The number of aliphatic hydroxyl groups is 4. The Morgan fingerprint density at radius 2 is 1.18 bits per heavy atom. The van der Waals surface area contributed by atoms with Gasteiger partial charge >= 0.3 is 17.9 Å². The Bertz CT molecular complexity index is 1510. The van der Waals surface area contributed by atoms with Gasteiger partial charge in [-0.3, -0.25) is 4.79 Å². The van der Waals surface area contributed by atoms with E-state index in [1.807, 2.05) is 0 Å². The molecule has 0 amide bonds. The van der Waals surface area contributed by atoms with Crippen LogP contribution in [0.2, 0.25) is 0 Å². The van der Waals surface area contributed by atoms with Crippen LogP contribution in [-0.4, -0.2) is 95.2 Å². The molecule has 238 valence electrons. The summed E-state index contributed by atoms with van der Waals surface area (Å²) in [5, 5.41) is 49.1. The van der Waals surface area contributed by atoms with Crippen LogP contribution < -0.4 is 0 Å². The molecule has 8 unspecified atom stereocenters. The van der Waals surface area contributed by atoms with E-state index in [1.165, 1.54) is 18.2 Å². The van der Waals surface area contributed by atoms with Crippen molar-refractivity contribution in [2.75, 3.05) is 19.0 Å². The van der Waals surface area contributed by atoms with Gasteiger partial charge in [-0.2, -0.15) is 0 Å². The smallest absolute Gasteiger partial charge is 0.335 e. The number of sulfone groups is 1. The molecule has 0 saturated heterocycles. The minimum Gasteiger partial charge on any atom is -0.481 e. The molecule has 0 fully saturated rings. The van der Waals surface area contributed by atoms with Crippen molar-refractivity contribution in [3.63, 3.8) is 0 Å². The van der Waals surface area contributed by atoms with Crippen molar-refractivity contribution in [2.24, 2.45) is 23.7 Å². The minimum absolute atomic E-state index is 0.0319. The van der Waals surface area contributed by atoms with Crippen molar-refractivity contribution in [3.8, 4) is 0 Å². The van der Waals surface area contributed by atoms with E-state index in [0.717, 1.165) is 11.8 Å². The van der Waals surface area contributed by atoms with E-state index in [-0.39, 0.29) is 39.9 Å². The van der Waals surface area contributed by atoms with Crippen molar-refractivity contribution in [3.05, 3.63) is 75.6 Å². The highest BCUT2D eigenvalue weighted by Gasteiger charge is 2.51. The number of carbonyl (C=O) groups is 3. The number of ether oxygens (including phenoxy) is 2. The number of rotatable bonds is 9. The molecule has 6 aliphatic rings.